The van der Waals surface area contributed by atoms with E-state index in [4.69, 9.17) is 5.11 Å². The van der Waals surface area contributed by atoms with Gasteiger partial charge in [-0.2, -0.15) is 0 Å². The zero-order valence-corrected chi connectivity index (χ0v) is 13.8. The second-order valence-corrected chi connectivity index (χ2v) is 5.97. The van der Waals surface area contributed by atoms with Crippen LogP contribution in [0.4, 0.5) is 0 Å². The molecule has 0 saturated carbocycles. The van der Waals surface area contributed by atoms with E-state index in [1.807, 2.05) is 0 Å². The highest BCUT2D eigenvalue weighted by Gasteiger charge is 1.98. The Balaban J connectivity index is 3.14. The van der Waals surface area contributed by atoms with Crippen LogP contribution in [0.5, 0.6) is 0 Å². The number of aliphatic hydroxyl groups is 1. The van der Waals surface area contributed by atoms with Crippen molar-refractivity contribution in [3.05, 3.63) is 11.8 Å². The molecule has 0 amide bonds. The average Bonchev–Trinajstić information content (AvgIpc) is 2.43. The van der Waals surface area contributed by atoms with Gasteiger partial charge in [0.2, 0.25) is 0 Å². The number of carbonyl (C=O) groups is 1. The Morgan fingerprint density at radius 3 is 1.48 bits per heavy atom. The maximum Gasteiger partial charge on any atom is 0.331 e. The number of aliphatic hydroxyl groups excluding tert-OH is 1. The van der Waals surface area contributed by atoms with Crippen molar-refractivity contribution in [2.45, 2.75) is 96.8 Å². The van der Waals surface area contributed by atoms with Gasteiger partial charge >= 0.3 is 5.97 Å². The molecule has 2 N–H and O–H groups in total. The van der Waals surface area contributed by atoms with Crippen LogP contribution in [-0.4, -0.2) is 16.2 Å². The number of allylic oxidation sites excluding steroid dienone is 1. The van der Waals surface area contributed by atoms with Gasteiger partial charge in [-0.1, -0.05) is 84.0 Å². The smallest absolute Gasteiger partial charge is 0.331 e. The Bertz CT molecular complexity index is 272. The standard InChI is InChI=1S/C18H34O3/c1-2-3-4-5-6-7-8-9-10-11-12-13-14-15-17(19)16-18(20)21/h16,19H,2-15H2,1H3,(H,20,21). The molecule has 0 atom stereocenters. The summed E-state index contributed by atoms with van der Waals surface area (Å²) < 4.78 is 0. The molecule has 0 spiro atoms. The van der Waals surface area contributed by atoms with Gasteiger partial charge in [0.25, 0.3) is 0 Å². The molecule has 21 heavy (non-hydrogen) atoms. The summed E-state index contributed by atoms with van der Waals surface area (Å²) in [4.78, 5) is 10.3. The van der Waals surface area contributed by atoms with E-state index in [0.29, 0.717) is 6.42 Å². The second-order valence-electron chi connectivity index (χ2n) is 5.97. The van der Waals surface area contributed by atoms with Crippen LogP contribution in [0.1, 0.15) is 96.8 Å². The third-order valence-electron chi connectivity index (χ3n) is 3.83. The number of unbranched alkanes of at least 4 members (excludes halogenated alkanes) is 12. The maximum atomic E-state index is 10.3. The van der Waals surface area contributed by atoms with Crippen LogP contribution in [0.2, 0.25) is 0 Å². The summed E-state index contributed by atoms with van der Waals surface area (Å²) in [5.41, 5.74) is 0. The van der Waals surface area contributed by atoms with E-state index in [1.54, 1.807) is 0 Å². The molecule has 0 aromatic rings. The van der Waals surface area contributed by atoms with E-state index in [1.165, 1.54) is 70.6 Å². The molecular formula is C18H34O3. The molecule has 3 nitrogen and oxygen atoms in total. The van der Waals surface area contributed by atoms with Crippen molar-refractivity contribution in [2.24, 2.45) is 0 Å². The molecule has 0 unspecified atom stereocenters. The summed E-state index contributed by atoms with van der Waals surface area (Å²) in [5.74, 6) is -1.08. The minimum Gasteiger partial charge on any atom is -0.512 e. The number of hydrogen-bond acceptors (Lipinski definition) is 2. The summed E-state index contributed by atoms with van der Waals surface area (Å²) in [7, 11) is 0. The summed E-state index contributed by atoms with van der Waals surface area (Å²) in [6.45, 7) is 2.25. The number of rotatable bonds is 15. The molecule has 0 aliphatic rings. The monoisotopic (exact) mass is 298 g/mol. The number of carboxylic acids is 1. The van der Waals surface area contributed by atoms with Crippen molar-refractivity contribution in [1.82, 2.24) is 0 Å². The Morgan fingerprint density at radius 1 is 0.714 bits per heavy atom. The molecule has 0 aliphatic heterocycles. The van der Waals surface area contributed by atoms with Crippen molar-refractivity contribution in [3.63, 3.8) is 0 Å². The third-order valence-corrected chi connectivity index (χ3v) is 3.83. The lowest BCUT2D eigenvalue weighted by Gasteiger charge is -2.03. The molecule has 3 heteroatoms. The van der Waals surface area contributed by atoms with E-state index < -0.39 is 5.97 Å². The Kier molecular flexibility index (Phi) is 14.7. The molecular weight excluding hydrogens is 264 g/mol. The molecule has 0 fully saturated rings. The predicted molar refractivity (Wildman–Crippen MR) is 88.7 cm³/mol. The predicted octanol–water partition coefficient (Wildman–Crippen LogP) is 5.99. The van der Waals surface area contributed by atoms with Crippen LogP contribution < -0.4 is 0 Å². The SMILES string of the molecule is CCCCCCCCCCCCCCCC(O)=CC(=O)O. The molecule has 124 valence electrons. The fraction of sp³-hybridized carbons (Fsp3) is 0.833. The van der Waals surface area contributed by atoms with Crippen LogP contribution in [0.15, 0.2) is 11.8 Å². The van der Waals surface area contributed by atoms with Gasteiger partial charge < -0.3 is 10.2 Å². The van der Waals surface area contributed by atoms with Crippen LogP contribution in [-0.2, 0) is 4.79 Å². The molecule has 0 aromatic heterocycles. The molecule has 0 aromatic carbocycles. The summed E-state index contributed by atoms with van der Waals surface area (Å²) in [6.07, 6.45) is 18.1. The van der Waals surface area contributed by atoms with Gasteiger partial charge in [0, 0.05) is 6.42 Å². The highest BCUT2D eigenvalue weighted by molar-refractivity contribution is 5.80. The fourth-order valence-corrected chi connectivity index (χ4v) is 2.54. The highest BCUT2D eigenvalue weighted by atomic mass is 16.4. The van der Waals surface area contributed by atoms with Crippen molar-refractivity contribution in [1.29, 1.82) is 0 Å². The van der Waals surface area contributed by atoms with Crippen LogP contribution in [0.3, 0.4) is 0 Å². The van der Waals surface area contributed by atoms with Crippen LogP contribution in [0.25, 0.3) is 0 Å². The molecule has 0 rings (SSSR count). The van der Waals surface area contributed by atoms with Crippen molar-refractivity contribution < 1.29 is 15.0 Å². The first-order valence-electron chi connectivity index (χ1n) is 8.79. The third kappa shape index (κ3) is 17.0. The second kappa shape index (κ2) is 15.4. The highest BCUT2D eigenvalue weighted by Crippen LogP contribution is 2.13. The Hall–Kier alpha value is -0.990. The maximum absolute atomic E-state index is 10.3. The van der Waals surface area contributed by atoms with E-state index in [0.717, 1.165) is 18.9 Å². The largest absolute Gasteiger partial charge is 0.512 e. The summed E-state index contributed by atoms with van der Waals surface area (Å²) in [6, 6.07) is 0. The normalized spacial score (nSPS) is 11.8. The Labute approximate surface area is 130 Å². The van der Waals surface area contributed by atoms with Gasteiger partial charge in [-0.05, 0) is 6.42 Å². The lowest BCUT2D eigenvalue weighted by molar-refractivity contribution is -0.131. The van der Waals surface area contributed by atoms with E-state index in [2.05, 4.69) is 6.92 Å². The van der Waals surface area contributed by atoms with Gasteiger partial charge in [0.15, 0.2) is 0 Å². The Morgan fingerprint density at radius 2 is 1.10 bits per heavy atom. The van der Waals surface area contributed by atoms with Crippen molar-refractivity contribution in [2.75, 3.05) is 0 Å². The molecule has 0 bridgehead atoms. The molecule has 0 heterocycles. The lowest BCUT2D eigenvalue weighted by atomic mass is 10.0. The van der Waals surface area contributed by atoms with E-state index in [-0.39, 0.29) is 5.76 Å². The zero-order chi connectivity index (χ0) is 15.8. The molecule has 0 aliphatic carbocycles. The van der Waals surface area contributed by atoms with Crippen LogP contribution in [0, 0.1) is 0 Å². The van der Waals surface area contributed by atoms with Gasteiger partial charge in [0.05, 0.1) is 11.8 Å². The number of aliphatic carboxylic acids is 1. The van der Waals surface area contributed by atoms with E-state index >= 15 is 0 Å². The first-order valence-corrected chi connectivity index (χ1v) is 8.79. The van der Waals surface area contributed by atoms with Crippen molar-refractivity contribution in [3.8, 4) is 0 Å². The molecule has 0 radical (unpaired) electrons. The van der Waals surface area contributed by atoms with Gasteiger partial charge in [0.1, 0.15) is 0 Å². The average molecular weight is 298 g/mol. The first kappa shape index (κ1) is 20.0. The first-order chi connectivity index (χ1) is 10.2. The van der Waals surface area contributed by atoms with Crippen molar-refractivity contribution >= 4 is 5.97 Å². The topological polar surface area (TPSA) is 57.5 Å². The zero-order valence-electron chi connectivity index (χ0n) is 13.8. The number of hydrogen-bond donors (Lipinski definition) is 2. The van der Waals surface area contributed by atoms with Gasteiger partial charge in [-0.25, -0.2) is 4.79 Å². The number of carboxylic acid groups (broad SMARTS) is 1. The lowest BCUT2D eigenvalue weighted by Crippen LogP contribution is -1.92. The summed E-state index contributed by atoms with van der Waals surface area (Å²) >= 11 is 0. The summed E-state index contributed by atoms with van der Waals surface area (Å²) in [5, 5.41) is 17.7. The van der Waals surface area contributed by atoms with Gasteiger partial charge in [-0.3, -0.25) is 0 Å². The molecule has 0 saturated heterocycles. The minimum absolute atomic E-state index is 0.00873. The van der Waals surface area contributed by atoms with Crippen LogP contribution >= 0.6 is 0 Å². The van der Waals surface area contributed by atoms with Gasteiger partial charge in [-0.15, -0.1) is 0 Å². The van der Waals surface area contributed by atoms with E-state index in [9.17, 15) is 9.90 Å². The minimum atomic E-state index is -1.07. The fourth-order valence-electron chi connectivity index (χ4n) is 2.54. The quantitative estimate of drug-likeness (QED) is 0.222.